The molecule has 1 N–H and O–H groups in total. The number of hydrogen-bond donors (Lipinski definition) is 1. The van der Waals surface area contributed by atoms with Crippen LogP contribution in [0.2, 0.25) is 4.34 Å². The third-order valence-electron chi connectivity index (χ3n) is 2.35. The lowest BCUT2D eigenvalue weighted by molar-refractivity contribution is 0.271. The van der Waals surface area contributed by atoms with Gasteiger partial charge in [0.15, 0.2) is 0 Å². The van der Waals surface area contributed by atoms with E-state index in [-0.39, 0.29) is 10.8 Å². The number of aliphatic hydroxyl groups is 1. The summed E-state index contributed by atoms with van der Waals surface area (Å²) in [4.78, 5) is 0. The Morgan fingerprint density at radius 3 is 2.59 bits per heavy atom. The van der Waals surface area contributed by atoms with Crippen LogP contribution in [0.5, 0.6) is 0 Å². The van der Waals surface area contributed by atoms with Gasteiger partial charge in [0, 0.05) is 19.7 Å². The molecular formula is C10H16ClNO3S2. The smallest absolute Gasteiger partial charge is 0.252 e. The molecule has 1 aromatic heterocycles. The highest BCUT2D eigenvalue weighted by Gasteiger charge is 2.25. The number of aliphatic hydroxyl groups excluding tert-OH is 1. The summed E-state index contributed by atoms with van der Waals surface area (Å²) in [7, 11) is -3.47. The Labute approximate surface area is 111 Å². The van der Waals surface area contributed by atoms with Gasteiger partial charge in [0.05, 0.1) is 4.34 Å². The molecule has 0 amide bonds. The van der Waals surface area contributed by atoms with E-state index < -0.39 is 10.0 Å². The van der Waals surface area contributed by atoms with Crippen LogP contribution in [0.4, 0.5) is 0 Å². The zero-order valence-electron chi connectivity index (χ0n) is 9.81. The van der Waals surface area contributed by atoms with E-state index in [1.807, 2.05) is 0 Å². The summed E-state index contributed by atoms with van der Waals surface area (Å²) in [6.45, 7) is 4.25. The first-order chi connectivity index (χ1) is 7.93. The van der Waals surface area contributed by atoms with Gasteiger partial charge in [0.1, 0.15) is 4.21 Å². The maximum absolute atomic E-state index is 12.2. The predicted molar refractivity (Wildman–Crippen MR) is 70.2 cm³/mol. The first kappa shape index (κ1) is 14.9. The molecule has 0 aliphatic heterocycles. The van der Waals surface area contributed by atoms with Gasteiger partial charge in [-0.1, -0.05) is 18.5 Å². The van der Waals surface area contributed by atoms with E-state index in [1.165, 1.54) is 4.31 Å². The van der Waals surface area contributed by atoms with E-state index in [1.54, 1.807) is 19.9 Å². The molecule has 4 nitrogen and oxygen atoms in total. The molecule has 0 saturated carbocycles. The SMILES string of the molecule is CCN(CCCO)S(=O)(=O)c1cc(C)c(Cl)s1. The van der Waals surface area contributed by atoms with Crippen LogP contribution in [0.3, 0.4) is 0 Å². The molecule has 1 rings (SSSR count). The molecule has 0 aliphatic rings. The van der Waals surface area contributed by atoms with Crippen LogP contribution in [0.25, 0.3) is 0 Å². The summed E-state index contributed by atoms with van der Waals surface area (Å²) >= 11 is 6.95. The van der Waals surface area contributed by atoms with Gasteiger partial charge in [-0.15, -0.1) is 11.3 Å². The zero-order chi connectivity index (χ0) is 13.1. The molecule has 1 aromatic rings. The molecule has 0 unspecified atom stereocenters. The Balaban J connectivity index is 2.99. The molecule has 0 aromatic carbocycles. The van der Waals surface area contributed by atoms with Crippen molar-refractivity contribution in [2.75, 3.05) is 19.7 Å². The second-order valence-electron chi connectivity index (χ2n) is 3.60. The summed E-state index contributed by atoms with van der Waals surface area (Å²) in [5, 5.41) is 8.76. The van der Waals surface area contributed by atoms with Crippen molar-refractivity contribution in [2.24, 2.45) is 0 Å². The van der Waals surface area contributed by atoms with E-state index in [0.717, 1.165) is 16.9 Å². The van der Waals surface area contributed by atoms with Gasteiger partial charge in [-0.25, -0.2) is 8.42 Å². The Morgan fingerprint density at radius 1 is 1.53 bits per heavy atom. The number of nitrogens with zero attached hydrogens (tertiary/aromatic N) is 1. The Hall–Kier alpha value is -0.140. The first-order valence-corrected chi connectivity index (χ1v) is 7.93. The van der Waals surface area contributed by atoms with Crippen molar-refractivity contribution in [3.05, 3.63) is 16.0 Å². The second kappa shape index (κ2) is 6.15. The van der Waals surface area contributed by atoms with Crippen molar-refractivity contribution < 1.29 is 13.5 Å². The van der Waals surface area contributed by atoms with Crippen LogP contribution in [0.15, 0.2) is 10.3 Å². The maximum atomic E-state index is 12.2. The third-order valence-corrected chi connectivity index (χ3v) is 6.33. The molecule has 17 heavy (non-hydrogen) atoms. The molecule has 0 radical (unpaired) electrons. The minimum absolute atomic E-state index is 0.0176. The number of hydrogen-bond acceptors (Lipinski definition) is 4. The van der Waals surface area contributed by atoms with E-state index in [2.05, 4.69) is 0 Å². The monoisotopic (exact) mass is 297 g/mol. The van der Waals surface area contributed by atoms with Crippen molar-refractivity contribution in [2.45, 2.75) is 24.5 Å². The Kier molecular flexibility index (Phi) is 5.40. The largest absolute Gasteiger partial charge is 0.396 e. The van der Waals surface area contributed by atoms with E-state index in [0.29, 0.717) is 23.8 Å². The average Bonchev–Trinajstić information content (AvgIpc) is 2.61. The summed E-state index contributed by atoms with van der Waals surface area (Å²) in [5.41, 5.74) is 0.772. The highest BCUT2D eigenvalue weighted by Crippen LogP contribution is 2.31. The van der Waals surface area contributed by atoms with Gasteiger partial charge in [0.2, 0.25) is 0 Å². The lowest BCUT2D eigenvalue weighted by Gasteiger charge is -2.18. The van der Waals surface area contributed by atoms with Gasteiger partial charge >= 0.3 is 0 Å². The van der Waals surface area contributed by atoms with E-state index >= 15 is 0 Å². The Bertz CT molecular complexity index is 450. The minimum Gasteiger partial charge on any atom is -0.396 e. The molecule has 0 saturated heterocycles. The van der Waals surface area contributed by atoms with Gasteiger partial charge in [-0.05, 0) is 25.0 Å². The fraction of sp³-hybridized carbons (Fsp3) is 0.600. The van der Waals surface area contributed by atoms with Crippen molar-refractivity contribution >= 4 is 33.0 Å². The van der Waals surface area contributed by atoms with Gasteiger partial charge in [-0.3, -0.25) is 0 Å². The number of sulfonamides is 1. The van der Waals surface area contributed by atoms with Gasteiger partial charge in [0.25, 0.3) is 10.0 Å². The van der Waals surface area contributed by atoms with Crippen LogP contribution in [-0.4, -0.2) is 37.5 Å². The van der Waals surface area contributed by atoms with E-state index in [4.69, 9.17) is 16.7 Å². The number of rotatable bonds is 6. The number of aryl methyl sites for hydroxylation is 1. The highest BCUT2D eigenvalue weighted by atomic mass is 35.5. The normalized spacial score (nSPS) is 12.3. The molecule has 0 aliphatic carbocycles. The molecule has 0 fully saturated rings. The van der Waals surface area contributed by atoms with Crippen LogP contribution in [-0.2, 0) is 10.0 Å². The average molecular weight is 298 g/mol. The molecular weight excluding hydrogens is 282 g/mol. The zero-order valence-corrected chi connectivity index (χ0v) is 12.2. The lowest BCUT2D eigenvalue weighted by atomic mass is 10.4. The highest BCUT2D eigenvalue weighted by molar-refractivity contribution is 7.91. The molecule has 1 heterocycles. The molecule has 0 atom stereocenters. The van der Waals surface area contributed by atoms with Crippen LogP contribution in [0, 0.1) is 6.92 Å². The summed E-state index contributed by atoms with van der Waals surface area (Å²) < 4.78 is 26.6. The van der Waals surface area contributed by atoms with Crippen LogP contribution >= 0.6 is 22.9 Å². The number of thiophene rings is 1. The number of halogens is 1. The second-order valence-corrected chi connectivity index (χ2v) is 7.42. The van der Waals surface area contributed by atoms with Crippen molar-refractivity contribution in [3.8, 4) is 0 Å². The maximum Gasteiger partial charge on any atom is 0.252 e. The quantitative estimate of drug-likeness (QED) is 0.875. The standard InChI is InChI=1S/C10H16ClNO3S2/c1-3-12(5-4-6-13)17(14,15)9-7-8(2)10(11)16-9/h7,13H,3-6H2,1-2H3. The van der Waals surface area contributed by atoms with E-state index in [9.17, 15) is 8.42 Å². The predicted octanol–water partition coefficient (Wildman–Crippen LogP) is 2.10. The summed E-state index contributed by atoms with van der Waals surface area (Å²) in [6.07, 6.45) is 0.436. The van der Waals surface area contributed by atoms with Crippen LogP contribution in [0.1, 0.15) is 18.9 Å². The topological polar surface area (TPSA) is 57.6 Å². The van der Waals surface area contributed by atoms with Crippen molar-refractivity contribution in [1.29, 1.82) is 0 Å². The van der Waals surface area contributed by atoms with Crippen molar-refractivity contribution in [1.82, 2.24) is 4.31 Å². The first-order valence-electron chi connectivity index (χ1n) is 5.30. The Morgan fingerprint density at radius 2 is 2.18 bits per heavy atom. The van der Waals surface area contributed by atoms with Gasteiger partial charge in [-0.2, -0.15) is 4.31 Å². The lowest BCUT2D eigenvalue weighted by Crippen LogP contribution is -2.31. The molecule has 0 spiro atoms. The third kappa shape index (κ3) is 3.42. The fourth-order valence-electron chi connectivity index (χ4n) is 1.38. The van der Waals surface area contributed by atoms with Crippen molar-refractivity contribution in [3.63, 3.8) is 0 Å². The molecule has 98 valence electrons. The van der Waals surface area contributed by atoms with Gasteiger partial charge < -0.3 is 5.11 Å². The minimum atomic E-state index is -3.47. The fourth-order valence-corrected chi connectivity index (χ4v) is 4.73. The molecule has 7 heteroatoms. The summed E-state index contributed by atoms with van der Waals surface area (Å²) in [6, 6.07) is 1.59. The van der Waals surface area contributed by atoms with Crippen LogP contribution < -0.4 is 0 Å². The molecule has 0 bridgehead atoms. The summed E-state index contributed by atoms with van der Waals surface area (Å²) in [5.74, 6) is 0.